The quantitative estimate of drug-likeness (QED) is 0.600. The molecule has 9 heteroatoms. The fourth-order valence-electron chi connectivity index (χ4n) is 3.37. The summed E-state index contributed by atoms with van der Waals surface area (Å²) in [4.78, 5) is 17.2. The van der Waals surface area contributed by atoms with Crippen LogP contribution in [0.2, 0.25) is 0 Å². The van der Waals surface area contributed by atoms with Gasteiger partial charge in [0.2, 0.25) is 0 Å². The normalized spacial score (nSPS) is 11.7. The number of hydrogen-bond donors (Lipinski definition) is 1. The van der Waals surface area contributed by atoms with Crippen molar-refractivity contribution in [1.29, 1.82) is 5.26 Å². The number of hydrogen-bond acceptors (Lipinski definition) is 5. The largest absolute Gasteiger partial charge is 0.465 e. The lowest BCUT2D eigenvalue weighted by atomic mass is 9.96. The number of amides is 1. The SMILES string of the molecule is CC(C)(C)CN(Cc1cc(-c2cccnc2C#N)n(S(=O)(=O)c2ccccc2)c1)C(=O)O. The second-order valence-corrected chi connectivity index (χ2v) is 10.4. The molecule has 1 aromatic carbocycles. The number of rotatable bonds is 6. The summed E-state index contributed by atoms with van der Waals surface area (Å²) in [5, 5.41) is 19.1. The zero-order valence-corrected chi connectivity index (χ0v) is 18.9. The molecule has 0 aliphatic rings. The van der Waals surface area contributed by atoms with Crippen molar-refractivity contribution in [3.63, 3.8) is 0 Å². The molecule has 0 saturated heterocycles. The zero-order valence-electron chi connectivity index (χ0n) is 18.1. The molecule has 166 valence electrons. The van der Waals surface area contributed by atoms with Gasteiger partial charge < -0.3 is 10.0 Å². The van der Waals surface area contributed by atoms with E-state index in [1.165, 1.54) is 29.4 Å². The summed E-state index contributed by atoms with van der Waals surface area (Å²) < 4.78 is 27.9. The van der Waals surface area contributed by atoms with Crippen molar-refractivity contribution < 1.29 is 18.3 Å². The molecule has 0 aliphatic carbocycles. The molecule has 32 heavy (non-hydrogen) atoms. The summed E-state index contributed by atoms with van der Waals surface area (Å²) in [5.74, 6) is 0. The molecular weight excluding hydrogens is 428 g/mol. The van der Waals surface area contributed by atoms with Gasteiger partial charge in [0.1, 0.15) is 11.8 Å². The lowest BCUT2D eigenvalue weighted by Gasteiger charge is -2.27. The summed E-state index contributed by atoms with van der Waals surface area (Å²) in [6.07, 6.45) is 1.77. The molecule has 3 rings (SSSR count). The number of nitriles is 1. The first-order valence-corrected chi connectivity index (χ1v) is 11.3. The summed E-state index contributed by atoms with van der Waals surface area (Å²) in [6.45, 7) is 6.04. The maximum absolute atomic E-state index is 13.4. The molecule has 2 heterocycles. The Hall–Kier alpha value is -3.64. The smallest absolute Gasteiger partial charge is 0.407 e. The third kappa shape index (κ3) is 4.98. The predicted octanol–water partition coefficient (Wildman–Crippen LogP) is 4.18. The lowest BCUT2D eigenvalue weighted by molar-refractivity contribution is 0.123. The van der Waals surface area contributed by atoms with Crippen molar-refractivity contribution in [2.24, 2.45) is 5.41 Å². The summed E-state index contributed by atoms with van der Waals surface area (Å²) in [5.41, 5.74) is 0.871. The van der Waals surface area contributed by atoms with Gasteiger partial charge in [-0.25, -0.2) is 22.2 Å². The van der Waals surface area contributed by atoms with Gasteiger partial charge in [0, 0.05) is 24.5 Å². The van der Waals surface area contributed by atoms with Gasteiger partial charge in [-0.2, -0.15) is 5.26 Å². The van der Waals surface area contributed by atoms with Crippen molar-refractivity contribution in [2.75, 3.05) is 6.54 Å². The third-order valence-electron chi connectivity index (χ3n) is 4.64. The Morgan fingerprint density at radius 1 is 1.19 bits per heavy atom. The van der Waals surface area contributed by atoms with E-state index >= 15 is 0 Å². The highest BCUT2D eigenvalue weighted by atomic mass is 32.2. The Kier molecular flexibility index (Phi) is 6.37. The zero-order chi connectivity index (χ0) is 23.5. The molecule has 3 aromatic rings. The highest BCUT2D eigenvalue weighted by Gasteiger charge is 2.26. The predicted molar refractivity (Wildman–Crippen MR) is 119 cm³/mol. The maximum Gasteiger partial charge on any atom is 0.407 e. The minimum Gasteiger partial charge on any atom is -0.465 e. The van der Waals surface area contributed by atoms with E-state index < -0.39 is 16.1 Å². The molecule has 0 atom stereocenters. The number of pyridine rings is 1. The van der Waals surface area contributed by atoms with Gasteiger partial charge in [-0.1, -0.05) is 39.0 Å². The second-order valence-electron chi connectivity index (χ2n) is 8.56. The fourth-order valence-corrected chi connectivity index (χ4v) is 4.78. The molecule has 1 N–H and O–H groups in total. The van der Waals surface area contributed by atoms with Gasteiger partial charge in [-0.3, -0.25) is 0 Å². The Morgan fingerprint density at radius 2 is 1.88 bits per heavy atom. The molecule has 0 bridgehead atoms. The molecule has 0 radical (unpaired) electrons. The highest BCUT2D eigenvalue weighted by molar-refractivity contribution is 7.90. The van der Waals surface area contributed by atoms with Crippen molar-refractivity contribution in [1.82, 2.24) is 13.9 Å². The van der Waals surface area contributed by atoms with Gasteiger partial charge in [-0.15, -0.1) is 0 Å². The van der Waals surface area contributed by atoms with Crippen LogP contribution in [0.3, 0.4) is 0 Å². The molecule has 0 spiro atoms. The summed E-state index contributed by atoms with van der Waals surface area (Å²) in [6, 6.07) is 14.7. The van der Waals surface area contributed by atoms with Crippen LogP contribution in [0.4, 0.5) is 4.79 Å². The van der Waals surface area contributed by atoms with E-state index in [-0.39, 0.29) is 34.8 Å². The molecule has 0 unspecified atom stereocenters. The van der Waals surface area contributed by atoms with E-state index in [0.29, 0.717) is 11.1 Å². The van der Waals surface area contributed by atoms with E-state index in [0.717, 1.165) is 3.97 Å². The van der Waals surface area contributed by atoms with Crippen LogP contribution in [0.15, 0.2) is 65.8 Å². The Balaban J connectivity index is 2.17. The first kappa shape index (κ1) is 23.0. The monoisotopic (exact) mass is 452 g/mol. The maximum atomic E-state index is 13.4. The van der Waals surface area contributed by atoms with Gasteiger partial charge in [0.25, 0.3) is 10.0 Å². The number of nitrogens with zero attached hydrogens (tertiary/aromatic N) is 4. The van der Waals surface area contributed by atoms with Crippen LogP contribution in [0.1, 0.15) is 32.0 Å². The first-order chi connectivity index (χ1) is 15.0. The van der Waals surface area contributed by atoms with Gasteiger partial charge in [-0.05, 0) is 41.3 Å². The minimum atomic E-state index is -4.00. The fraction of sp³-hybridized carbons (Fsp3) is 0.261. The van der Waals surface area contributed by atoms with E-state index in [1.807, 2.05) is 26.8 Å². The Labute approximate surface area is 187 Å². The number of aromatic nitrogens is 2. The van der Waals surface area contributed by atoms with Crippen LogP contribution in [0.25, 0.3) is 11.3 Å². The van der Waals surface area contributed by atoms with Crippen LogP contribution >= 0.6 is 0 Å². The molecule has 8 nitrogen and oxygen atoms in total. The van der Waals surface area contributed by atoms with Gasteiger partial charge in [0.05, 0.1) is 17.1 Å². The third-order valence-corrected chi connectivity index (χ3v) is 6.33. The van der Waals surface area contributed by atoms with Crippen LogP contribution in [0, 0.1) is 16.7 Å². The van der Waals surface area contributed by atoms with Crippen molar-refractivity contribution >= 4 is 16.1 Å². The van der Waals surface area contributed by atoms with Crippen molar-refractivity contribution in [3.8, 4) is 17.3 Å². The standard InChI is InChI=1S/C23H24N4O4S/c1-23(2,3)16-26(22(28)29)14-17-12-21(19-10-7-11-25-20(19)13-24)27(15-17)32(30,31)18-8-5-4-6-9-18/h4-12,15H,14,16H2,1-3H3,(H,28,29). The molecule has 2 aromatic heterocycles. The van der Waals surface area contributed by atoms with Crippen molar-refractivity contribution in [2.45, 2.75) is 32.2 Å². The van der Waals surface area contributed by atoms with Crippen LogP contribution in [-0.2, 0) is 16.6 Å². The second kappa shape index (κ2) is 8.85. The number of carboxylic acid groups (broad SMARTS) is 1. The number of carbonyl (C=O) groups is 1. The van der Waals surface area contributed by atoms with Crippen LogP contribution < -0.4 is 0 Å². The van der Waals surface area contributed by atoms with Crippen LogP contribution in [0.5, 0.6) is 0 Å². The van der Waals surface area contributed by atoms with Crippen LogP contribution in [-0.4, -0.2) is 40.0 Å². The summed E-state index contributed by atoms with van der Waals surface area (Å²) >= 11 is 0. The highest BCUT2D eigenvalue weighted by Crippen LogP contribution is 2.29. The molecule has 1 amide bonds. The Bertz CT molecular complexity index is 1270. The van der Waals surface area contributed by atoms with Crippen molar-refractivity contribution in [3.05, 3.63) is 72.2 Å². The number of benzene rings is 1. The topological polar surface area (TPSA) is 116 Å². The van der Waals surface area contributed by atoms with Gasteiger partial charge >= 0.3 is 6.09 Å². The van der Waals surface area contributed by atoms with Gasteiger partial charge in [0.15, 0.2) is 0 Å². The molecular formula is C23H24N4O4S. The average Bonchev–Trinajstić information content (AvgIpc) is 3.17. The molecule has 0 saturated carbocycles. The first-order valence-electron chi connectivity index (χ1n) is 9.88. The molecule has 0 aliphatic heterocycles. The average molecular weight is 453 g/mol. The van der Waals surface area contributed by atoms with E-state index in [1.54, 1.807) is 36.4 Å². The summed E-state index contributed by atoms with van der Waals surface area (Å²) in [7, 11) is -4.00. The Morgan fingerprint density at radius 3 is 2.47 bits per heavy atom. The van der Waals surface area contributed by atoms with E-state index in [4.69, 9.17) is 0 Å². The molecule has 0 fully saturated rings. The minimum absolute atomic E-state index is 0.000930. The van der Waals surface area contributed by atoms with E-state index in [2.05, 4.69) is 4.98 Å². The van der Waals surface area contributed by atoms with E-state index in [9.17, 15) is 23.6 Å². The lowest BCUT2D eigenvalue weighted by Crippen LogP contribution is -2.36.